The van der Waals surface area contributed by atoms with E-state index in [0.717, 1.165) is 5.56 Å². The van der Waals surface area contributed by atoms with Crippen molar-refractivity contribution in [3.8, 4) is 0 Å². The second-order valence-corrected chi connectivity index (χ2v) is 4.21. The normalized spacial score (nSPS) is 26.1. The lowest BCUT2D eigenvalue weighted by Gasteiger charge is -2.19. The maximum Gasteiger partial charge on any atom is 0.251 e. The molecule has 0 aromatic heterocycles. The average Bonchev–Trinajstić information content (AvgIpc) is 2.46. The third-order valence-electron chi connectivity index (χ3n) is 2.78. The summed E-state index contributed by atoms with van der Waals surface area (Å²) in [6.45, 7) is 0. The summed E-state index contributed by atoms with van der Waals surface area (Å²) in [6, 6.07) is 7.32. The summed E-state index contributed by atoms with van der Waals surface area (Å²) in [5, 5.41) is 10.1. The molecular weight excluding hydrogens is 214 g/mol. The smallest absolute Gasteiger partial charge is 0.251 e. The molecule has 15 heavy (non-hydrogen) atoms. The molecule has 1 heterocycles. The summed E-state index contributed by atoms with van der Waals surface area (Å²) in [7, 11) is 1.70. The lowest BCUT2D eigenvalue weighted by atomic mass is 10.0. The van der Waals surface area contributed by atoms with Gasteiger partial charge in [-0.1, -0.05) is 23.7 Å². The van der Waals surface area contributed by atoms with Crippen LogP contribution in [0.2, 0.25) is 5.02 Å². The highest BCUT2D eigenvalue weighted by Gasteiger charge is 2.36. The third-order valence-corrected chi connectivity index (χ3v) is 3.02. The average molecular weight is 226 g/mol. The van der Waals surface area contributed by atoms with Crippen LogP contribution in [-0.2, 0) is 4.79 Å². The molecule has 2 unspecified atom stereocenters. The topological polar surface area (TPSA) is 40.5 Å². The van der Waals surface area contributed by atoms with Gasteiger partial charge >= 0.3 is 0 Å². The first-order chi connectivity index (χ1) is 7.09. The van der Waals surface area contributed by atoms with E-state index in [1.807, 2.05) is 18.2 Å². The van der Waals surface area contributed by atoms with E-state index >= 15 is 0 Å². The number of halogens is 1. The van der Waals surface area contributed by atoms with Gasteiger partial charge in [0.1, 0.15) is 6.10 Å². The molecule has 1 aliphatic rings. The number of amides is 1. The van der Waals surface area contributed by atoms with E-state index in [1.165, 1.54) is 0 Å². The van der Waals surface area contributed by atoms with Gasteiger partial charge in [0.25, 0.3) is 5.91 Å². The maximum atomic E-state index is 11.4. The number of benzene rings is 1. The molecule has 1 amide bonds. The van der Waals surface area contributed by atoms with Crippen molar-refractivity contribution in [1.82, 2.24) is 4.90 Å². The Morgan fingerprint density at radius 2 is 2.27 bits per heavy atom. The summed E-state index contributed by atoms with van der Waals surface area (Å²) in [4.78, 5) is 13.0. The zero-order valence-electron chi connectivity index (χ0n) is 8.35. The number of aliphatic hydroxyl groups excluding tert-OH is 1. The highest BCUT2D eigenvalue weighted by atomic mass is 35.5. The molecule has 1 fully saturated rings. The van der Waals surface area contributed by atoms with E-state index in [2.05, 4.69) is 0 Å². The van der Waals surface area contributed by atoms with Gasteiger partial charge in [-0.15, -0.1) is 0 Å². The van der Waals surface area contributed by atoms with Crippen LogP contribution in [0.4, 0.5) is 0 Å². The monoisotopic (exact) mass is 225 g/mol. The number of rotatable bonds is 1. The van der Waals surface area contributed by atoms with Crippen molar-refractivity contribution >= 4 is 17.5 Å². The van der Waals surface area contributed by atoms with Crippen LogP contribution in [0.25, 0.3) is 0 Å². The van der Waals surface area contributed by atoms with E-state index < -0.39 is 6.10 Å². The van der Waals surface area contributed by atoms with Crippen molar-refractivity contribution < 1.29 is 9.90 Å². The van der Waals surface area contributed by atoms with Crippen LogP contribution in [-0.4, -0.2) is 29.1 Å². The number of nitrogens with zero attached hydrogens (tertiary/aromatic N) is 1. The van der Waals surface area contributed by atoms with Gasteiger partial charge in [0.2, 0.25) is 0 Å². The van der Waals surface area contributed by atoms with Crippen molar-refractivity contribution in [1.29, 1.82) is 0 Å². The van der Waals surface area contributed by atoms with E-state index in [0.29, 0.717) is 11.4 Å². The Morgan fingerprint density at radius 3 is 2.80 bits per heavy atom. The minimum atomic E-state index is -0.876. The lowest BCUT2D eigenvalue weighted by molar-refractivity contribution is -0.134. The highest BCUT2D eigenvalue weighted by Crippen LogP contribution is 2.32. The first-order valence-electron chi connectivity index (χ1n) is 4.80. The Hall–Kier alpha value is -1.06. The van der Waals surface area contributed by atoms with Gasteiger partial charge in [-0.25, -0.2) is 0 Å². The molecule has 0 spiro atoms. The fourth-order valence-electron chi connectivity index (χ4n) is 1.93. The van der Waals surface area contributed by atoms with Gasteiger partial charge in [-0.05, 0) is 17.7 Å². The first kappa shape index (κ1) is 10.5. The molecule has 1 aliphatic heterocycles. The number of carbonyl (C=O) groups excluding carboxylic acids is 1. The molecule has 4 heteroatoms. The number of aliphatic hydroxyl groups is 1. The van der Waals surface area contributed by atoms with Crippen molar-refractivity contribution in [2.75, 3.05) is 7.05 Å². The first-order valence-corrected chi connectivity index (χ1v) is 5.17. The molecule has 2 rings (SSSR count). The van der Waals surface area contributed by atoms with Crippen LogP contribution in [0.3, 0.4) is 0 Å². The Morgan fingerprint density at radius 1 is 1.53 bits per heavy atom. The molecule has 2 atom stereocenters. The van der Waals surface area contributed by atoms with Crippen molar-refractivity contribution in [2.45, 2.75) is 18.6 Å². The van der Waals surface area contributed by atoms with Crippen LogP contribution >= 0.6 is 11.6 Å². The molecule has 1 aromatic rings. The second-order valence-electron chi connectivity index (χ2n) is 3.77. The number of hydrogen-bond acceptors (Lipinski definition) is 2. The zero-order chi connectivity index (χ0) is 11.0. The number of carbonyl (C=O) groups is 1. The van der Waals surface area contributed by atoms with Gasteiger partial charge < -0.3 is 10.0 Å². The van der Waals surface area contributed by atoms with Crippen LogP contribution in [0, 0.1) is 0 Å². The SMILES string of the molecule is CN1C(=O)C(O)CC1c1cccc(Cl)c1. The number of hydrogen-bond donors (Lipinski definition) is 1. The third kappa shape index (κ3) is 1.85. The lowest BCUT2D eigenvalue weighted by Crippen LogP contribution is -2.26. The second kappa shape index (κ2) is 3.83. The van der Waals surface area contributed by atoms with Crippen molar-refractivity contribution in [2.24, 2.45) is 0 Å². The Labute approximate surface area is 93.3 Å². The Kier molecular flexibility index (Phi) is 2.67. The molecule has 1 N–H and O–H groups in total. The van der Waals surface area contributed by atoms with Crippen LogP contribution in [0.5, 0.6) is 0 Å². The van der Waals surface area contributed by atoms with Gasteiger partial charge in [0.15, 0.2) is 0 Å². The van der Waals surface area contributed by atoms with E-state index in [4.69, 9.17) is 11.6 Å². The molecular formula is C11H12ClNO2. The standard InChI is InChI=1S/C11H12ClNO2/c1-13-9(6-10(14)11(13)15)7-3-2-4-8(12)5-7/h2-5,9-10,14H,6H2,1H3. The predicted molar refractivity (Wildman–Crippen MR) is 57.6 cm³/mol. The van der Waals surface area contributed by atoms with Crippen molar-refractivity contribution in [3.63, 3.8) is 0 Å². The van der Waals surface area contributed by atoms with E-state index in [1.54, 1.807) is 18.0 Å². The molecule has 0 saturated carbocycles. The zero-order valence-corrected chi connectivity index (χ0v) is 9.11. The molecule has 1 aromatic carbocycles. The van der Waals surface area contributed by atoms with Gasteiger partial charge in [-0.3, -0.25) is 4.79 Å². The largest absolute Gasteiger partial charge is 0.383 e. The minimum absolute atomic E-state index is 0.0637. The van der Waals surface area contributed by atoms with Crippen LogP contribution in [0.15, 0.2) is 24.3 Å². The number of likely N-dealkylation sites (tertiary alicyclic amines) is 1. The van der Waals surface area contributed by atoms with Gasteiger partial charge in [0.05, 0.1) is 6.04 Å². The molecule has 1 saturated heterocycles. The molecule has 0 aliphatic carbocycles. The van der Waals surface area contributed by atoms with E-state index in [9.17, 15) is 9.90 Å². The predicted octanol–water partition coefficient (Wildman–Crippen LogP) is 1.60. The van der Waals surface area contributed by atoms with Gasteiger partial charge in [-0.2, -0.15) is 0 Å². The fourth-order valence-corrected chi connectivity index (χ4v) is 2.13. The fraction of sp³-hybridized carbons (Fsp3) is 0.364. The molecule has 0 radical (unpaired) electrons. The molecule has 3 nitrogen and oxygen atoms in total. The summed E-state index contributed by atoms with van der Waals surface area (Å²) < 4.78 is 0. The molecule has 80 valence electrons. The quantitative estimate of drug-likeness (QED) is 0.789. The summed E-state index contributed by atoms with van der Waals surface area (Å²) in [5.41, 5.74) is 0.968. The highest BCUT2D eigenvalue weighted by molar-refractivity contribution is 6.30. The Bertz CT molecular complexity index is 394. The van der Waals surface area contributed by atoms with Crippen LogP contribution in [0.1, 0.15) is 18.0 Å². The summed E-state index contributed by atoms with van der Waals surface area (Å²) in [5.74, 6) is -0.222. The minimum Gasteiger partial charge on any atom is -0.383 e. The maximum absolute atomic E-state index is 11.4. The van der Waals surface area contributed by atoms with E-state index in [-0.39, 0.29) is 11.9 Å². The van der Waals surface area contributed by atoms with Crippen LogP contribution < -0.4 is 0 Å². The summed E-state index contributed by atoms with van der Waals surface area (Å²) in [6.07, 6.45) is -0.436. The Balaban J connectivity index is 2.29. The van der Waals surface area contributed by atoms with Crippen molar-refractivity contribution in [3.05, 3.63) is 34.9 Å². The number of likely N-dealkylation sites (N-methyl/N-ethyl adjacent to an activating group) is 1. The van der Waals surface area contributed by atoms with Gasteiger partial charge in [0, 0.05) is 18.5 Å². The summed E-state index contributed by atoms with van der Waals surface area (Å²) >= 11 is 5.88. The molecule has 0 bridgehead atoms.